The summed E-state index contributed by atoms with van der Waals surface area (Å²) >= 11 is 1.01. The third kappa shape index (κ3) is 3.97. The van der Waals surface area contributed by atoms with Crippen LogP contribution < -0.4 is 4.74 Å². The third-order valence-corrected chi connectivity index (χ3v) is 8.65. The van der Waals surface area contributed by atoms with Crippen LogP contribution >= 0.6 is 11.3 Å². The molecule has 27 heavy (non-hydrogen) atoms. The molecular formula is C20H29N3O2S2. The number of aromatic nitrogens is 2. The monoisotopic (exact) mass is 407 g/mol. The van der Waals surface area contributed by atoms with Gasteiger partial charge in [-0.15, -0.1) is 11.3 Å². The highest BCUT2D eigenvalue weighted by molar-refractivity contribution is 7.91. The molecule has 1 saturated carbocycles. The molecule has 0 N–H and O–H groups in total. The van der Waals surface area contributed by atoms with Gasteiger partial charge in [-0.05, 0) is 65.1 Å². The Labute approximate surface area is 168 Å². The van der Waals surface area contributed by atoms with Gasteiger partial charge in [0.2, 0.25) is 5.88 Å². The fourth-order valence-corrected chi connectivity index (χ4v) is 6.72. The molecule has 5 nitrogen and oxygen atoms in total. The molecule has 148 valence electrons. The zero-order chi connectivity index (χ0) is 19.0. The highest BCUT2D eigenvalue weighted by Crippen LogP contribution is 2.46. The minimum Gasteiger partial charge on any atom is -0.616 e. The molecule has 0 bridgehead atoms. The Bertz CT molecular complexity index is 787. The van der Waals surface area contributed by atoms with Crippen molar-refractivity contribution in [3.63, 3.8) is 0 Å². The van der Waals surface area contributed by atoms with Gasteiger partial charge in [-0.2, -0.15) is 0 Å². The zero-order valence-corrected chi connectivity index (χ0v) is 18.1. The van der Waals surface area contributed by atoms with Gasteiger partial charge in [-0.1, -0.05) is 11.2 Å². The highest BCUT2D eigenvalue weighted by atomic mass is 32.2. The first-order chi connectivity index (χ1) is 13.1. The van der Waals surface area contributed by atoms with Crippen molar-refractivity contribution >= 4 is 32.7 Å². The second kappa shape index (κ2) is 8.23. The minimum atomic E-state index is -0.754. The number of rotatable bonds is 6. The van der Waals surface area contributed by atoms with Gasteiger partial charge in [0.05, 0.1) is 5.39 Å². The average Bonchev–Trinajstić information content (AvgIpc) is 3.22. The van der Waals surface area contributed by atoms with E-state index in [1.807, 2.05) is 6.92 Å². The number of aryl methyl sites for hydroxylation is 1. The topological polar surface area (TPSA) is 61.3 Å². The fraction of sp³-hybridized carbons (Fsp3) is 0.700. The SMILES string of the molecule is CC[S+]([O-])C[C@H]1CCc2sc3ncnc(OC4CCC(N(C)C)CC4)c3c21. The molecule has 1 fully saturated rings. The van der Waals surface area contributed by atoms with Gasteiger partial charge >= 0.3 is 0 Å². The van der Waals surface area contributed by atoms with E-state index in [1.165, 1.54) is 23.3 Å². The van der Waals surface area contributed by atoms with Crippen molar-refractivity contribution in [3.05, 3.63) is 16.8 Å². The summed E-state index contributed by atoms with van der Waals surface area (Å²) in [5, 5.41) is 1.10. The lowest BCUT2D eigenvalue weighted by Gasteiger charge is -2.32. The number of hydrogen-bond donors (Lipinski definition) is 0. The Hall–Kier alpha value is -0.890. The van der Waals surface area contributed by atoms with Crippen LogP contribution in [-0.2, 0) is 17.6 Å². The first kappa shape index (κ1) is 19.4. The molecule has 0 spiro atoms. The van der Waals surface area contributed by atoms with E-state index in [-0.39, 0.29) is 6.10 Å². The third-order valence-electron chi connectivity index (χ3n) is 6.06. The summed E-state index contributed by atoms with van der Waals surface area (Å²) in [6.45, 7) is 2.00. The summed E-state index contributed by atoms with van der Waals surface area (Å²) in [6, 6.07) is 0.661. The van der Waals surface area contributed by atoms with E-state index in [0.717, 1.165) is 53.3 Å². The standard InChI is InChI=1S/C20H29N3O2S2/c1-4-27(24)11-13-5-10-16-17(13)18-19(21-12-22-20(18)26-16)25-15-8-6-14(7-9-15)23(2)3/h12-15H,4-11H2,1-3H3/t13-,14?,15?,27?/m1/s1. The van der Waals surface area contributed by atoms with Gasteiger partial charge in [-0.3, -0.25) is 0 Å². The fourth-order valence-electron chi connectivity index (χ4n) is 4.48. The molecule has 2 atom stereocenters. The molecule has 2 heterocycles. The van der Waals surface area contributed by atoms with E-state index >= 15 is 0 Å². The average molecular weight is 408 g/mol. The van der Waals surface area contributed by atoms with Crippen molar-refractivity contribution in [1.82, 2.24) is 14.9 Å². The Morgan fingerprint density at radius 3 is 2.70 bits per heavy atom. The van der Waals surface area contributed by atoms with Crippen molar-refractivity contribution in [2.75, 3.05) is 25.6 Å². The Morgan fingerprint density at radius 2 is 2.00 bits per heavy atom. The molecule has 2 aliphatic rings. The minimum absolute atomic E-state index is 0.236. The predicted molar refractivity (Wildman–Crippen MR) is 112 cm³/mol. The van der Waals surface area contributed by atoms with Crippen LogP contribution in [0.3, 0.4) is 0 Å². The second-order valence-corrected chi connectivity index (χ2v) is 10.8. The van der Waals surface area contributed by atoms with Gasteiger partial charge in [0, 0.05) is 16.8 Å². The molecular weight excluding hydrogens is 378 g/mol. The van der Waals surface area contributed by atoms with Crippen LogP contribution in [0.4, 0.5) is 0 Å². The molecule has 1 unspecified atom stereocenters. The molecule has 0 aromatic carbocycles. The lowest BCUT2D eigenvalue weighted by Crippen LogP contribution is -2.35. The zero-order valence-electron chi connectivity index (χ0n) is 16.4. The number of hydrogen-bond acceptors (Lipinski definition) is 6. The van der Waals surface area contributed by atoms with Crippen LogP contribution in [0.25, 0.3) is 10.2 Å². The smallest absolute Gasteiger partial charge is 0.225 e. The first-order valence-electron chi connectivity index (χ1n) is 10.0. The Kier molecular flexibility index (Phi) is 5.92. The molecule has 0 radical (unpaired) electrons. The summed E-state index contributed by atoms with van der Waals surface area (Å²) < 4.78 is 18.6. The predicted octanol–water partition coefficient (Wildman–Crippen LogP) is 3.74. The van der Waals surface area contributed by atoms with Gasteiger partial charge in [0.25, 0.3) is 0 Å². The second-order valence-electron chi connectivity index (χ2n) is 7.94. The van der Waals surface area contributed by atoms with E-state index in [2.05, 4.69) is 29.0 Å². The van der Waals surface area contributed by atoms with E-state index in [0.29, 0.717) is 12.0 Å². The van der Waals surface area contributed by atoms with Gasteiger partial charge < -0.3 is 14.2 Å². The van der Waals surface area contributed by atoms with Crippen molar-refractivity contribution in [1.29, 1.82) is 0 Å². The van der Waals surface area contributed by atoms with Crippen LogP contribution in [0.2, 0.25) is 0 Å². The van der Waals surface area contributed by atoms with Gasteiger partial charge in [0.15, 0.2) is 0 Å². The van der Waals surface area contributed by atoms with E-state index < -0.39 is 11.2 Å². The van der Waals surface area contributed by atoms with Crippen molar-refractivity contribution in [3.8, 4) is 5.88 Å². The lowest BCUT2D eigenvalue weighted by molar-refractivity contribution is 0.108. The van der Waals surface area contributed by atoms with Gasteiger partial charge in [0.1, 0.15) is 28.8 Å². The normalized spacial score (nSPS) is 26.5. The molecule has 2 aromatic heterocycles. The Balaban J connectivity index is 1.57. The molecule has 7 heteroatoms. The molecule has 2 aliphatic carbocycles. The number of fused-ring (bicyclic) bond motifs is 3. The maximum Gasteiger partial charge on any atom is 0.225 e. The molecule has 4 rings (SSSR count). The quantitative estimate of drug-likeness (QED) is 0.683. The highest BCUT2D eigenvalue weighted by Gasteiger charge is 2.33. The van der Waals surface area contributed by atoms with E-state index in [9.17, 15) is 4.55 Å². The maximum absolute atomic E-state index is 12.2. The Morgan fingerprint density at radius 1 is 1.22 bits per heavy atom. The van der Waals surface area contributed by atoms with Crippen LogP contribution in [0.5, 0.6) is 5.88 Å². The number of nitrogens with zero attached hydrogens (tertiary/aromatic N) is 3. The van der Waals surface area contributed by atoms with E-state index in [4.69, 9.17) is 4.74 Å². The van der Waals surface area contributed by atoms with Crippen LogP contribution in [-0.4, -0.2) is 57.2 Å². The molecule has 2 aromatic rings. The van der Waals surface area contributed by atoms with Crippen molar-refractivity contribution < 1.29 is 9.29 Å². The molecule has 0 aliphatic heterocycles. The summed E-state index contributed by atoms with van der Waals surface area (Å²) in [4.78, 5) is 13.8. The van der Waals surface area contributed by atoms with Crippen LogP contribution in [0.1, 0.15) is 55.4 Å². The van der Waals surface area contributed by atoms with Gasteiger partial charge in [-0.25, -0.2) is 9.97 Å². The number of ether oxygens (including phenoxy) is 1. The van der Waals surface area contributed by atoms with Crippen molar-refractivity contribution in [2.45, 2.75) is 63.5 Å². The van der Waals surface area contributed by atoms with Crippen LogP contribution in [0, 0.1) is 0 Å². The molecule has 0 saturated heterocycles. The summed E-state index contributed by atoms with van der Waals surface area (Å²) in [5.41, 5.74) is 1.33. The first-order valence-corrected chi connectivity index (χ1v) is 12.3. The summed E-state index contributed by atoms with van der Waals surface area (Å²) in [7, 11) is 4.32. The van der Waals surface area contributed by atoms with Crippen LogP contribution in [0.15, 0.2) is 6.33 Å². The summed E-state index contributed by atoms with van der Waals surface area (Å²) in [5.74, 6) is 2.58. The van der Waals surface area contributed by atoms with E-state index in [1.54, 1.807) is 17.7 Å². The summed E-state index contributed by atoms with van der Waals surface area (Å²) in [6.07, 6.45) is 8.51. The largest absolute Gasteiger partial charge is 0.616 e. The maximum atomic E-state index is 12.2. The molecule has 0 amide bonds. The lowest BCUT2D eigenvalue weighted by atomic mass is 9.92. The van der Waals surface area contributed by atoms with Crippen molar-refractivity contribution in [2.24, 2.45) is 0 Å². The number of thiophene rings is 1.